The Morgan fingerprint density at radius 2 is 1.88 bits per heavy atom. The molecule has 5 heteroatoms. The third-order valence-corrected chi connectivity index (χ3v) is 3.43. The number of aromatic nitrogens is 2. The molecule has 1 saturated heterocycles. The molecule has 1 fully saturated rings. The van der Waals surface area contributed by atoms with E-state index in [1.807, 2.05) is 22.9 Å². The molecule has 0 unspecified atom stereocenters. The van der Waals surface area contributed by atoms with E-state index in [9.17, 15) is 0 Å². The number of rotatable bonds is 2. The van der Waals surface area contributed by atoms with Crippen LogP contribution in [0.2, 0.25) is 10.0 Å². The van der Waals surface area contributed by atoms with Gasteiger partial charge in [-0.25, -0.2) is 4.98 Å². The zero-order valence-corrected chi connectivity index (χ0v) is 10.5. The maximum Gasteiger partial charge on any atom is 0.0994 e. The molecule has 0 atom stereocenters. The summed E-state index contributed by atoms with van der Waals surface area (Å²) in [4.78, 5) is 4.21. The maximum absolute atomic E-state index is 6.02. The molecule has 88 valence electrons. The van der Waals surface area contributed by atoms with E-state index in [4.69, 9.17) is 23.2 Å². The van der Waals surface area contributed by atoms with Crippen LogP contribution in [0.25, 0.3) is 5.69 Å². The molecule has 3 nitrogen and oxygen atoms in total. The van der Waals surface area contributed by atoms with Gasteiger partial charge in [-0.2, -0.15) is 0 Å². The molecule has 0 bridgehead atoms. The largest absolute Gasteiger partial charge is 0.315 e. The molecule has 1 aliphatic rings. The van der Waals surface area contributed by atoms with Crippen LogP contribution in [-0.2, 0) is 0 Å². The van der Waals surface area contributed by atoms with Crippen molar-refractivity contribution in [1.82, 2.24) is 14.9 Å². The highest BCUT2D eigenvalue weighted by molar-refractivity contribution is 6.34. The molecule has 1 aliphatic heterocycles. The van der Waals surface area contributed by atoms with Gasteiger partial charge in [0, 0.05) is 46.6 Å². The van der Waals surface area contributed by atoms with Gasteiger partial charge in [0.1, 0.15) is 0 Å². The van der Waals surface area contributed by atoms with E-state index in [-0.39, 0.29) is 0 Å². The van der Waals surface area contributed by atoms with Crippen LogP contribution in [0.4, 0.5) is 0 Å². The Balaban J connectivity index is 2.05. The molecular formula is C12H11Cl2N3. The zero-order chi connectivity index (χ0) is 11.8. The minimum Gasteiger partial charge on any atom is -0.315 e. The number of hydrogen-bond donors (Lipinski definition) is 1. The van der Waals surface area contributed by atoms with E-state index in [0.717, 1.165) is 18.8 Å². The molecule has 0 amide bonds. The first-order chi connectivity index (χ1) is 8.24. The Hall–Kier alpha value is -1.03. The second-order valence-corrected chi connectivity index (χ2v) is 5.04. The Morgan fingerprint density at radius 1 is 1.18 bits per heavy atom. The second-order valence-electron chi connectivity index (χ2n) is 4.17. The first-order valence-electron chi connectivity index (χ1n) is 5.43. The molecule has 2 aromatic rings. The van der Waals surface area contributed by atoms with Gasteiger partial charge in [0.15, 0.2) is 0 Å². The molecule has 3 rings (SSSR count). The van der Waals surface area contributed by atoms with Gasteiger partial charge in [0.2, 0.25) is 0 Å². The summed E-state index contributed by atoms with van der Waals surface area (Å²) in [6, 6.07) is 5.52. The fourth-order valence-electron chi connectivity index (χ4n) is 2.00. The highest BCUT2D eigenvalue weighted by atomic mass is 35.5. The maximum atomic E-state index is 6.02. The highest BCUT2D eigenvalue weighted by Gasteiger charge is 2.22. The smallest absolute Gasteiger partial charge is 0.0994 e. The summed E-state index contributed by atoms with van der Waals surface area (Å²) in [5.41, 5.74) is 2.16. The number of hydrogen-bond acceptors (Lipinski definition) is 2. The minimum absolute atomic E-state index is 0.523. The Labute approximate surface area is 109 Å². The van der Waals surface area contributed by atoms with Crippen LogP contribution in [0.5, 0.6) is 0 Å². The first kappa shape index (κ1) is 11.1. The molecule has 1 N–H and O–H groups in total. The van der Waals surface area contributed by atoms with E-state index in [2.05, 4.69) is 10.3 Å². The predicted molar refractivity (Wildman–Crippen MR) is 69.2 cm³/mol. The van der Waals surface area contributed by atoms with Gasteiger partial charge < -0.3 is 9.88 Å². The van der Waals surface area contributed by atoms with E-state index in [0.29, 0.717) is 16.0 Å². The molecule has 1 aromatic carbocycles. The van der Waals surface area contributed by atoms with Crippen molar-refractivity contribution < 1.29 is 0 Å². The van der Waals surface area contributed by atoms with E-state index in [1.54, 1.807) is 12.4 Å². The summed E-state index contributed by atoms with van der Waals surface area (Å²) < 4.78 is 2.04. The summed E-state index contributed by atoms with van der Waals surface area (Å²) in [7, 11) is 0. The van der Waals surface area contributed by atoms with Crippen molar-refractivity contribution in [2.24, 2.45) is 0 Å². The number of halogens is 2. The average Bonchev–Trinajstić information content (AvgIpc) is 2.62. The van der Waals surface area contributed by atoms with Crippen molar-refractivity contribution in [1.29, 1.82) is 0 Å². The number of benzene rings is 1. The summed E-state index contributed by atoms with van der Waals surface area (Å²) >= 11 is 12.0. The van der Waals surface area contributed by atoms with Crippen molar-refractivity contribution in [3.8, 4) is 5.69 Å². The monoisotopic (exact) mass is 267 g/mol. The molecular weight excluding hydrogens is 257 g/mol. The van der Waals surface area contributed by atoms with Crippen LogP contribution < -0.4 is 5.32 Å². The van der Waals surface area contributed by atoms with E-state index in [1.165, 1.54) is 5.69 Å². The molecule has 0 saturated carbocycles. The lowest BCUT2D eigenvalue weighted by Crippen LogP contribution is -2.40. The number of imidazole rings is 1. The van der Waals surface area contributed by atoms with Gasteiger partial charge in [-0.15, -0.1) is 0 Å². The summed E-state index contributed by atoms with van der Waals surface area (Å²) in [5.74, 6) is 0.523. The SMILES string of the molecule is Clc1cc(Cl)cc(-n2cncc2C2CNC2)c1. The third-order valence-electron chi connectivity index (χ3n) is 2.99. The van der Waals surface area contributed by atoms with Gasteiger partial charge in [-0.05, 0) is 18.2 Å². The van der Waals surface area contributed by atoms with Crippen molar-refractivity contribution in [3.63, 3.8) is 0 Å². The lowest BCUT2D eigenvalue weighted by Gasteiger charge is -2.27. The van der Waals surface area contributed by atoms with Crippen LogP contribution in [-0.4, -0.2) is 22.6 Å². The first-order valence-corrected chi connectivity index (χ1v) is 6.19. The third kappa shape index (κ3) is 2.06. The number of nitrogens with zero attached hydrogens (tertiary/aromatic N) is 2. The topological polar surface area (TPSA) is 29.9 Å². The van der Waals surface area contributed by atoms with Gasteiger partial charge in [0.25, 0.3) is 0 Å². The Kier molecular flexibility index (Phi) is 2.82. The van der Waals surface area contributed by atoms with Gasteiger partial charge in [-0.3, -0.25) is 0 Å². The average molecular weight is 268 g/mol. The summed E-state index contributed by atoms with van der Waals surface area (Å²) in [5, 5.41) is 4.53. The van der Waals surface area contributed by atoms with Gasteiger partial charge in [0.05, 0.1) is 6.33 Å². The molecule has 0 aliphatic carbocycles. The molecule has 0 radical (unpaired) electrons. The quantitative estimate of drug-likeness (QED) is 0.907. The summed E-state index contributed by atoms with van der Waals surface area (Å²) in [6.45, 7) is 2.00. The molecule has 0 spiro atoms. The van der Waals surface area contributed by atoms with Gasteiger partial charge >= 0.3 is 0 Å². The van der Waals surface area contributed by atoms with Crippen LogP contribution in [0, 0.1) is 0 Å². The van der Waals surface area contributed by atoms with Crippen LogP contribution >= 0.6 is 23.2 Å². The standard InChI is InChI=1S/C12H11Cl2N3/c13-9-1-10(14)3-11(2-9)17-7-16-6-12(17)8-4-15-5-8/h1-3,6-8,15H,4-5H2. The number of nitrogens with one attached hydrogen (secondary N) is 1. The fraction of sp³-hybridized carbons (Fsp3) is 0.250. The summed E-state index contributed by atoms with van der Waals surface area (Å²) in [6.07, 6.45) is 3.70. The van der Waals surface area contributed by atoms with Crippen molar-refractivity contribution in [2.45, 2.75) is 5.92 Å². The van der Waals surface area contributed by atoms with E-state index < -0.39 is 0 Å². The normalized spacial score (nSPS) is 15.9. The Bertz CT molecular complexity index is 526. The van der Waals surface area contributed by atoms with Crippen LogP contribution in [0.15, 0.2) is 30.7 Å². The van der Waals surface area contributed by atoms with Crippen molar-refractivity contribution in [3.05, 3.63) is 46.5 Å². The van der Waals surface area contributed by atoms with Crippen LogP contribution in [0.1, 0.15) is 11.6 Å². The Morgan fingerprint density at radius 3 is 2.47 bits per heavy atom. The molecule has 1 aromatic heterocycles. The second kappa shape index (κ2) is 4.33. The van der Waals surface area contributed by atoms with Crippen LogP contribution in [0.3, 0.4) is 0 Å². The lowest BCUT2D eigenvalue weighted by molar-refractivity contribution is 0.435. The predicted octanol–water partition coefficient (Wildman–Crippen LogP) is 2.87. The van der Waals surface area contributed by atoms with Crippen molar-refractivity contribution >= 4 is 23.2 Å². The minimum atomic E-state index is 0.523. The molecule has 17 heavy (non-hydrogen) atoms. The van der Waals surface area contributed by atoms with E-state index >= 15 is 0 Å². The fourth-order valence-corrected chi connectivity index (χ4v) is 2.51. The highest BCUT2D eigenvalue weighted by Crippen LogP contribution is 2.26. The lowest BCUT2D eigenvalue weighted by atomic mass is 10.00. The zero-order valence-electron chi connectivity index (χ0n) is 9.03. The molecule has 2 heterocycles. The van der Waals surface area contributed by atoms with Gasteiger partial charge in [-0.1, -0.05) is 23.2 Å². The van der Waals surface area contributed by atoms with Crippen molar-refractivity contribution in [2.75, 3.05) is 13.1 Å².